The molecule has 28 heavy (non-hydrogen) atoms. The Hall–Kier alpha value is -2.86. The van der Waals surface area contributed by atoms with Crippen LogP contribution in [0.3, 0.4) is 0 Å². The third-order valence-electron chi connectivity index (χ3n) is 4.86. The van der Waals surface area contributed by atoms with E-state index in [0.29, 0.717) is 12.3 Å². The van der Waals surface area contributed by atoms with Gasteiger partial charge in [-0.15, -0.1) is 16.8 Å². The van der Waals surface area contributed by atoms with E-state index < -0.39 is 0 Å². The summed E-state index contributed by atoms with van der Waals surface area (Å²) in [5.41, 5.74) is 3.25. The van der Waals surface area contributed by atoms with Crippen LogP contribution in [0.25, 0.3) is 11.4 Å². The van der Waals surface area contributed by atoms with E-state index in [1.54, 1.807) is 0 Å². The van der Waals surface area contributed by atoms with Gasteiger partial charge in [-0.25, -0.2) is 0 Å². The minimum Gasteiger partial charge on any atom is -0.308 e. The molecular formula is C22H22N4OS. The highest BCUT2D eigenvalue weighted by Gasteiger charge is 2.30. The van der Waals surface area contributed by atoms with E-state index in [0.717, 1.165) is 28.7 Å². The van der Waals surface area contributed by atoms with E-state index in [-0.39, 0.29) is 11.9 Å². The van der Waals surface area contributed by atoms with Crippen molar-refractivity contribution in [1.29, 1.82) is 0 Å². The summed E-state index contributed by atoms with van der Waals surface area (Å²) < 4.78 is 2.00. The summed E-state index contributed by atoms with van der Waals surface area (Å²) in [5.74, 6) is 1.20. The molecule has 1 aliphatic heterocycles. The van der Waals surface area contributed by atoms with Gasteiger partial charge < -0.3 is 4.90 Å². The zero-order valence-corrected chi connectivity index (χ0v) is 16.6. The molecule has 1 amide bonds. The van der Waals surface area contributed by atoms with Crippen LogP contribution in [0.5, 0.6) is 0 Å². The molecule has 4 rings (SSSR count). The molecule has 1 atom stereocenters. The quantitative estimate of drug-likeness (QED) is 0.468. The first-order valence-electron chi connectivity index (χ1n) is 9.31. The van der Waals surface area contributed by atoms with Gasteiger partial charge in [0.25, 0.3) is 0 Å². The Morgan fingerprint density at radius 2 is 1.93 bits per heavy atom. The third kappa shape index (κ3) is 3.47. The fourth-order valence-corrected chi connectivity index (χ4v) is 4.44. The van der Waals surface area contributed by atoms with Crippen LogP contribution in [0.4, 0.5) is 5.69 Å². The van der Waals surface area contributed by atoms with Crippen LogP contribution in [0.15, 0.2) is 72.4 Å². The molecule has 1 aromatic heterocycles. The average molecular weight is 391 g/mol. The number of nitrogens with zero attached hydrogens (tertiary/aromatic N) is 4. The van der Waals surface area contributed by atoms with Crippen LogP contribution in [-0.4, -0.2) is 32.5 Å². The minimum atomic E-state index is 0.0943. The first kappa shape index (κ1) is 18.5. The van der Waals surface area contributed by atoms with Gasteiger partial charge in [-0.3, -0.25) is 9.36 Å². The number of para-hydroxylation sites is 1. The molecule has 0 fully saturated rings. The minimum absolute atomic E-state index is 0.0943. The summed E-state index contributed by atoms with van der Waals surface area (Å²) in [7, 11) is 0. The van der Waals surface area contributed by atoms with Crippen LogP contribution in [-0.2, 0) is 17.8 Å². The van der Waals surface area contributed by atoms with Gasteiger partial charge in [-0.2, -0.15) is 0 Å². The fourth-order valence-electron chi connectivity index (χ4n) is 3.63. The molecule has 0 bridgehead atoms. The molecule has 142 valence electrons. The Bertz CT molecular complexity index is 999. The lowest BCUT2D eigenvalue weighted by molar-refractivity contribution is -0.116. The molecule has 0 N–H and O–H groups in total. The van der Waals surface area contributed by atoms with E-state index in [9.17, 15) is 4.79 Å². The summed E-state index contributed by atoms with van der Waals surface area (Å²) in [5, 5.41) is 9.41. The van der Waals surface area contributed by atoms with Gasteiger partial charge in [0.05, 0.1) is 5.75 Å². The number of aromatic nitrogens is 3. The second-order valence-corrected chi connectivity index (χ2v) is 7.75. The molecule has 2 heterocycles. The number of carbonyl (C=O) groups excluding carboxylic acids is 1. The smallest absolute Gasteiger partial charge is 0.237 e. The second-order valence-electron chi connectivity index (χ2n) is 6.81. The number of benzene rings is 2. The van der Waals surface area contributed by atoms with Gasteiger partial charge in [0.2, 0.25) is 5.91 Å². The van der Waals surface area contributed by atoms with Gasteiger partial charge in [0, 0.05) is 23.8 Å². The Morgan fingerprint density at radius 1 is 1.18 bits per heavy atom. The number of amides is 1. The number of hydrogen-bond acceptors (Lipinski definition) is 4. The maximum Gasteiger partial charge on any atom is 0.237 e. The maximum atomic E-state index is 13.0. The monoisotopic (exact) mass is 390 g/mol. The van der Waals surface area contributed by atoms with E-state index in [4.69, 9.17) is 0 Å². The molecule has 3 aromatic rings. The zero-order valence-electron chi connectivity index (χ0n) is 15.8. The fraction of sp³-hybridized carbons (Fsp3) is 0.227. The topological polar surface area (TPSA) is 51.0 Å². The first-order valence-corrected chi connectivity index (χ1v) is 10.3. The molecule has 6 heteroatoms. The molecule has 2 aromatic carbocycles. The van der Waals surface area contributed by atoms with Gasteiger partial charge in [-0.1, -0.05) is 66.4 Å². The van der Waals surface area contributed by atoms with Crippen molar-refractivity contribution < 1.29 is 4.79 Å². The highest BCUT2D eigenvalue weighted by atomic mass is 32.2. The Labute approximate surface area is 169 Å². The van der Waals surface area contributed by atoms with Gasteiger partial charge in [-0.05, 0) is 25.0 Å². The molecular weight excluding hydrogens is 368 g/mol. The second kappa shape index (κ2) is 8.02. The summed E-state index contributed by atoms with van der Waals surface area (Å²) >= 11 is 1.42. The van der Waals surface area contributed by atoms with Crippen molar-refractivity contribution in [1.82, 2.24) is 14.8 Å². The number of fused-ring (bicyclic) bond motifs is 1. The number of anilines is 1. The number of carbonyl (C=O) groups is 1. The molecule has 5 nitrogen and oxygen atoms in total. The van der Waals surface area contributed by atoms with Crippen LogP contribution >= 0.6 is 11.8 Å². The first-order chi connectivity index (χ1) is 13.7. The SMILES string of the molecule is C=CCn1c(SCC(=O)N2c3ccccc3CC2C)nnc1-c1ccccc1. The summed E-state index contributed by atoms with van der Waals surface area (Å²) in [6.07, 6.45) is 2.72. The van der Waals surface area contributed by atoms with Crippen LogP contribution < -0.4 is 4.90 Å². The molecule has 0 saturated carbocycles. The lowest BCUT2D eigenvalue weighted by Crippen LogP contribution is -2.37. The molecule has 0 aliphatic carbocycles. The summed E-state index contributed by atoms with van der Waals surface area (Å²) in [6, 6.07) is 18.2. The van der Waals surface area contributed by atoms with Crippen LogP contribution in [0.1, 0.15) is 12.5 Å². The highest BCUT2D eigenvalue weighted by molar-refractivity contribution is 7.99. The molecule has 1 unspecified atom stereocenters. The lowest BCUT2D eigenvalue weighted by atomic mass is 10.1. The number of hydrogen-bond donors (Lipinski definition) is 0. The van der Waals surface area contributed by atoms with Crippen molar-refractivity contribution in [3.63, 3.8) is 0 Å². The van der Waals surface area contributed by atoms with Gasteiger partial charge in [0.1, 0.15) is 0 Å². The zero-order chi connectivity index (χ0) is 19.5. The molecule has 0 radical (unpaired) electrons. The van der Waals surface area contributed by atoms with E-state index >= 15 is 0 Å². The van der Waals surface area contributed by atoms with E-state index in [1.807, 2.05) is 64.1 Å². The molecule has 0 spiro atoms. The Kier molecular flexibility index (Phi) is 5.30. The summed E-state index contributed by atoms with van der Waals surface area (Å²) in [6.45, 7) is 6.53. The number of thioether (sulfide) groups is 1. The lowest BCUT2D eigenvalue weighted by Gasteiger charge is -2.22. The van der Waals surface area contributed by atoms with Gasteiger partial charge in [0.15, 0.2) is 11.0 Å². The predicted octanol–water partition coefficient (Wildman–Crippen LogP) is 4.20. The van der Waals surface area contributed by atoms with Crippen molar-refractivity contribution in [2.45, 2.75) is 31.1 Å². The van der Waals surface area contributed by atoms with Crippen LogP contribution in [0.2, 0.25) is 0 Å². The van der Waals surface area contributed by atoms with Crippen molar-refractivity contribution in [2.24, 2.45) is 0 Å². The van der Waals surface area contributed by atoms with E-state index in [1.165, 1.54) is 17.3 Å². The average Bonchev–Trinajstić information content (AvgIpc) is 3.27. The van der Waals surface area contributed by atoms with Crippen LogP contribution in [0, 0.1) is 0 Å². The predicted molar refractivity (Wildman–Crippen MR) is 113 cm³/mol. The van der Waals surface area contributed by atoms with Crippen molar-refractivity contribution in [3.05, 3.63) is 72.8 Å². The molecule has 1 aliphatic rings. The number of allylic oxidation sites excluding steroid dienone is 1. The van der Waals surface area contributed by atoms with Crippen molar-refractivity contribution in [2.75, 3.05) is 10.7 Å². The maximum absolute atomic E-state index is 13.0. The largest absolute Gasteiger partial charge is 0.308 e. The normalized spacial score (nSPS) is 15.5. The van der Waals surface area contributed by atoms with E-state index in [2.05, 4.69) is 29.8 Å². The highest BCUT2D eigenvalue weighted by Crippen LogP contribution is 2.33. The van der Waals surface area contributed by atoms with Crippen molar-refractivity contribution in [3.8, 4) is 11.4 Å². The Balaban J connectivity index is 1.53. The Morgan fingerprint density at radius 3 is 2.71 bits per heavy atom. The number of rotatable bonds is 6. The van der Waals surface area contributed by atoms with Crippen molar-refractivity contribution >= 4 is 23.4 Å². The summed E-state index contributed by atoms with van der Waals surface area (Å²) in [4.78, 5) is 14.9. The third-order valence-corrected chi connectivity index (χ3v) is 5.81. The van der Waals surface area contributed by atoms with Gasteiger partial charge >= 0.3 is 0 Å². The standard InChI is InChI=1S/C22H22N4OS/c1-3-13-25-21(17-9-5-4-6-10-17)23-24-22(25)28-15-20(27)26-16(2)14-18-11-7-8-12-19(18)26/h3-12,16H,1,13-15H2,2H3. The molecule has 0 saturated heterocycles.